The average molecular weight is 467 g/mol. The molecule has 168 valence electrons. The second-order valence-electron chi connectivity index (χ2n) is 7.20. The minimum absolute atomic E-state index is 0.00158. The molecule has 1 N–H and O–H groups in total. The molecule has 0 saturated heterocycles. The quantitative estimate of drug-likeness (QED) is 0.550. The maximum atomic E-state index is 13.1. The third kappa shape index (κ3) is 7.04. The Hall–Kier alpha value is -2.44. The fraction of sp³-hybridized carbons (Fsp3) is 0.391. The van der Waals surface area contributed by atoms with Gasteiger partial charge in [0.15, 0.2) is 18.1 Å². The summed E-state index contributed by atoms with van der Waals surface area (Å²) in [4.78, 5) is 27.3. The van der Waals surface area contributed by atoms with E-state index in [1.54, 1.807) is 43.3 Å². The number of hydrogen-bond acceptors (Lipinski definition) is 4. The number of carbonyl (C=O) groups excluding carboxylic acids is 2. The van der Waals surface area contributed by atoms with Crippen molar-refractivity contribution in [3.05, 3.63) is 58.1 Å². The minimum atomic E-state index is -0.711. The molecule has 8 heteroatoms. The van der Waals surface area contributed by atoms with Gasteiger partial charge in [0.05, 0.1) is 17.2 Å². The average Bonchev–Trinajstić information content (AvgIpc) is 2.77. The molecular formula is C23H28Cl2N2O4. The van der Waals surface area contributed by atoms with Gasteiger partial charge >= 0.3 is 0 Å². The normalized spacial score (nSPS) is 12.6. The van der Waals surface area contributed by atoms with Crippen LogP contribution in [0, 0.1) is 0 Å². The lowest BCUT2D eigenvalue weighted by molar-refractivity contribution is -0.142. The van der Waals surface area contributed by atoms with Gasteiger partial charge in [0, 0.05) is 12.6 Å². The number of hydrogen-bond donors (Lipinski definition) is 1. The third-order valence-corrected chi connectivity index (χ3v) is 5.66. The maximum absolute atomic E-state index is 13.1. The highest BCUT2D eigenvalue weighted by Gasteiger charge is 2.27. The summed E-state index contributed by atoms with van der Waals surface area (Å²) in [6.45, 7) is 5.52. The van der Waals surface area contributed by atoms with E-state index in [1.807, 2.05) is 19.9 Å². The first-order valence-electron chi connectivity index (χ1n) is 10.1. The lowest BCUT2D eigenvalue weighted by atomic mass is 10.1. The first kappa shape index (κ1) is 24.8. The van der Waals surface area contributed by atoms with Crippen LogP contribution in [-0.4, -0.2) is 42.5 Å². The largest absolute Gasteiger partial charge is 0.493 e. The van der Waals surface area contributed by atoms with E-state index in [1.165, 1.54) is 12.0 Å². The van der Waals surface area contributed by atoms with Gasteiger partial charge in [0.1, 0.15) is 6.04 Å². The Morgan fingerprint density at radius 3 is 2.35 bits per heavy atom. The van der Waals surface area contributed by atoms with Crippen LogP contribution in [0.2, 0.25) is 10.0 Å². The number of amides is 2. The molecule has 2 rings (SSSR count). The highest BCUT2D eigenvalue weighted by atomic mass is 35.5. The summed E-state index contributed by atoms with van der Waals surface area (Å²) < 4.78 is 10.9. The van der Waals surface area contributed by atoms with E-state index in [0.717, 1.165) is 12.0 Å². The Balaban J connectivity index is 2.21. The number of nitrogens with zero attached hydrogens (tertiary/aromatic N) is 1. The molecule has 0 aliphatic heterocycles. The number of ether oxygens (including phenoxy) is 2. The maximum Gasteiger partial charge on any atom is 0.261 e. The van der Waals surface area contributed by atoms with E-state index in [-0.39, 0.29) is 31.0 Å². The predicted octanol–water partition coefficient (Wildman–Crippen LogP) is 4.71. The molecular weight excluding hydrogens is 439 g/mol. The Labute approximate surface area is 193 Å². The van der Waals surface area contributed by atoms with Crippen molar-refractivity contribution < 1.29 is 19.1 Å². The van der Waals surface area contributed by atoms with E-state index in [2.05, 4.69) is 5.32 Å². The van der Waals surface area contributed by atoms with Crippen LogP contribution in [0.3, 0.4) is 0 Å². The summed E-state index contributed by atoms with van der Waals surface area (Å²) in [5.41, 5.74) is 0.753. The molecule has 2 aromatic rings. The smallest absolute Gasteiger partial charge is 0.261 e. The van der Waals surface area contributed by atoms with Crippen LogP contribution in [0.4, 0.5) is 0 Å². The summed E-state index contributed by atoms with van der Waals surface area (Å²) in [5, 5.41) is 3.73. The number of benzene rings is 2. The van der Waals surface area contributed by atoms with Gasteiger partial charge in [-0.3, -0.25) is 9.59 Å². The van der Waals surface area contributed by atoms with Crippen LogP contribution < -0.4 is 14.8 Å². The topological polar surface area (TPSA) is 67.9 Å². The van der Waals surface area contributed by atoms with E-state index < -0.39 is 6.04 Å². The van der Waals surface area contributed by atoms with Gasteiger partial charge in [0.25, 0.3) is 5.91 Å². The third-order valence-electron chi connectivity index (χ3n) is 4.93. The van der Waals surface area contributed by atoms with Crippen molar-refractivity contribution >= 4 is 35.0 Å². The first-order valence-corrected chi connectivity index (χ1v) is 10.8. The molecule has 0 radical (unpaired) electrons. The van der Waals surface area contributed by atoms with Crippen molar-refractivity contribution in [3.8, 4) is 11.5 Å². The molecule has 0 bridgehead atoms. The lowest BCUT2D eigenvalue weighted by Crippen LogP contribution is -2.50. The summed E-state index contributed by atoms with van der Waals surface area (Å²) in [6.07, 6.45) is 0.788. The zero-order chi connectivity index (χ0) is 23.0. The van der Waals surface area contributed by atoms with Gasteiger partial charge in [-0.2, -0.15) is 0 Å². The zero-order valence-corrected chi connectivity index (χ0v) is 19.7. The van der Waals surface area contributed by atoms with Crippen LogP contribution in [0.25, 0.3) is 0 Å². The fourth-order valence-electron chi connectivity index (χ4n) is 2.84. The highest BCUT2D eigenvalue weighted by Crippen LogP contribution is 2.26. The van der Waals surface area contributed by atoms with Crippen molar-refractivity contribution in [2.45, 2.75) is 45.8 Å². The molecule has 0 spiro atoms. The van der Waals surface area contributed by atoms with Gasteiger partial charge in [-0.25, -0.2) is 0 Å². The van der Waals surface area contributed by atoms with Gasteiger partial charge in [-0.1, -0.05) is 48.3 Å². The number of halogens is 2. The van der Waals surface area contributed by atoms with Crippen LogP contribution in [0.1, 0.15) is 32.8 Å². The van der Waals surface area contributed by atoms with E-state index >= 15 is 0 Å². The summed E-state index contributed by atoms with van der Waals surface area (Å²) in [5.74, 6) is 0.391. The van der Waals surface area contributed by atoms with E-state index in [4.69, 9.17) is 32.7 Å². The molecule has 2 atom stereocenters. The molecule has 31 heavy (non-hydrogen) atoms. The minimum Gasteiger partial charge on any atom is -0.493 e. The predicted molar refractivity (Wildman–Crippen MR) is 123 cm³/mol. The van der Waals surface area contributed by atoms with E-state index in [0.29, 0.717) is 21.5 Å². The van der Waals surface area contributed by atoms with Crippen molar-refractivity contribution in [2.24, 2.45) is 0 Å². The molecule has 2 unspecified atom stereocenters. The Kier molecular flexibility index (Phi) is 9.46. The second kappa shape index (κ2) is 11.8. The van der Waals surface area contributed by atoms with Crippen molar-refractivity contribution in [1.29, 1.82) is 0 Å². The molecule has 0 heterocycles. The summed E-state index contributed by atoms with van der Waals surface area (Å²) in [6, 6.07) is 11.5. The Morgan fingerprint density at radius 1 is 1.06 bits per heavy atom. The SMILES string of the molecule is CCC(C)NC(=O)C(C)N(Cc1ccc(Cl)c(Cl)c1)C(=O)COc1ccccc1OC. The monoisotopic (exact) mass is 466 g/mol. The summed E-state index contributed by atoms with van der Waals surface area (Å²) in [7, 11) is 1.53. The molecule has 2 aromatic carbocycles. The second-order valence-corrected chi connectivity index (χ2v) is 8.02. The lowest BCUT2D eigenvalue weighted by Gasteiger charge is -2.29. The first-order chi connectivity index (χ1) is 14.8. The van der Waals surface area contributed by atoms with Crippen LogP contribution in [0.5, 0.6) is 11.5 Å². The Bertz CT molecular complexity index is 907. The standard InChI is InChI=1S/C23H28Cl2N2O4/c1-5-15(2)26-23(29)16(3)27(13-17-10-11-18(24)19(25)12-17)22(28)14-31-21-9-7-6-8-20(21)30-4/h6-12,15-16H,5,13-14H2,1-4H3,(H,26,29). The molecule has 0 aliphatic carbocycles. The molecule has 2 amide bonds. The van der Waals surface area contributed by atoms with Gasteiger partial charge < -0.3 is 19.7 Å². The molecule has 0 saturated carbocycles. The van der Waals surface area contributed by atoms with Crippen molar-refractivity contribution in [1.82, 2.24) is 10.2 Å². The Morgan fingerprint density at radius 2 is 1.74 bits per heavy atom. The number of carbonyl (C=O) groups is 2. The van der Waals surface area contributed by atoms with Crippen molar-refractivity contribution in [3.63, 3.8) is 0 Å². The number of nitrogens with one attached hydrogen (secondary N) is 1. The number of methoxy groups -OCH3 is 1. The number of rotatable bonds is 10. The summed E-state index contributed by atoms with van der Waals surface area (Å²) >= 11 is 12.1. The van der Waals surface area contributed by atoms with Gasteiger partial charge in [-0.05, 0) is 50.1 Å². The zero-order valence-electron chi connectivity index (χ0n) is 18.2. The van der Waals surface area contributed by atoms with Crippen molar-refractivity contribution in [2.75, 3.05) is 13.7 Å². The molecule has 0 aromatic heterocycles. The molecule has 0 aliphatic rings. The van der Waals surface area contributed by atoms with Crippen LogP contribution in [-0.2, 0) is 16.1 Å². The van der Waals surface area contributed by atoms with Crippen LogP contribution >= 0.6 is 23.2 Å². The molecule has 6 nitrogen and oxygen atoms in total. The van der Waals surface area contributed by atoms with Gasteiger partial charge in [-0.15, -0.1) is 0 Å². The number of para-hydroxylation sites is 2. The van der Waals surface area contributed by atoms with Gasteiger partial charge in [0.2, 0.25) is 5.91 Å². The highest BCUT2D eigenvalue weighted by molar-refractivity contribution is 6.42. The van der Waals surface area contributed by atoms with Crippen LogP contribution in [0.15, 0.2) is 42.5 Å². The fourth-order valence-corrected chi connectivity index (χ4v) is 3.16. The van der Waals surface area contributed by atoms with E-state index in [9.17, 15) is 9.59 Å². The molecule has 0 fully saturated rings.